The highest BCUT2D eigenvalue weighted by Gasteiger charge is 2.21. The Balaban J connectivity index is 1.69. The molecule has 144 valence electrons. The molecule has 3 heterocycles. The zero-order chi connectivity index (χ0) is 19.8. The standard InChI is InChI=1S/C18H15F2N5O2S/c1-3-27-12-5-4-6-13-14(12)23-18(28-13)24-17(26)10-8-21-25-11(15(19)20)7-9(2)22-16(10)25/h4-8,15H,3H2,1-2H3,(H,23,24,26). The van der Waals surface area contributed by atoms with Crippen LogP contribution >= 0.6 is 11.3 Å². The molecule has 28 heavy (non-hydrogen) atoms. The fraction of sp³-hybridized carbons (Fsp3) is 0.222. The summed E-state index contributed by atoms with van der Waals surface area (Å²) < 4.78 is 33.9. The van der Waals surface area contributed by atoms with Crippen LogP contribution in [0.2, 0.25) is 0 Å². The van der Waals surface area contributed by atoms with Gasteiger partial charge in [0.1, 0.15) is 22.5 Å². The normalized spacial score (nSPS) is 11.5. The van der Waals surface area contributed by atoms with Gasteiger partial charge in [0, 0.05) is 5.69 Å². The van der Waals surface area contributed by atoms with E-state index in [4.69, 9.17) is 4.74 Å². The number of carbonyl (C=O) groups is 1. The number of anilines is 1. The molecule has 0 radical (unpaired) electrons. The van der Waals surface area contributed by atoms with Crippen molar-refractivity contribution in [3.05, 3.63) is 47.4 Å². The van der Waals surface area contributed by atoms with Gasteiger partial charge in [0.15, 0.2) is 10.8 Å². The number of fused-ring (bicyclic) bond motifs is 2. The largest absolute Gasteiger partial charge is 0.492 e. The number of carbonyl (C=O) groups excluding carboxylic acids is 1. The van der Waals surface area contributed by atoms with Crippen molar-refractivity contribution in [3.8, 4) is 5.75 Å². The van der Waals surface area contributed by atoms with E-state index >= 15 is 0 Å². The number of alkyl halides is 2. The topological polar surface area (TPSA) is 81.4 Å². The number of benzene rings is 1. The third-order valence-electron chi connectivity index (χ3n) is 4.00. The number of rotatable bonds is 5. The van der Waals surface area contributed by atoms with Gasteiger partial charge < -0.3 is 4.74 Å². The molecule has 1 aromatic carbocycles. The van der Waals surface area contributed by atoms with E-state index in [1.165, 1.54) is 23.6 Å². The highest BCUT2D eigenvalue weighted by Crippen LogP contribution is 2.32. The van der Waals surface area contributed by atoms with E-state index in [0.29, 0.717) is 28.7 Å². The molecule has 1 amide bonds. The average Bonchev–Trinajstić information content (AvgIpc) is 3.25. The SMILES string of the molecule is CCOc1cccc2sc(NC(=O)c3cnn4c(C(F)F)cc(C)nc34)nc12. The fourth-order valence-electron chi connectivity index (χ4n) is 2.84. The number of para-hydroxylation sites is 1. The van der Waals surface area contributed by atoms with E-state index in [2.05, 4.69) is 20.4 Å². The lowest BCUT2D eigenvalue weighted by molar-refractivity contribution is 0.102. The predicted molar refractivity (Wildman–Crippen MR) is 101 cm³/mol. The zero-order valence-corrected chi connectivity index (χ0v) is 15.8. The Morgan fingerprint density at radius 2 is 2.18 bits per heavy atom. The third-order valence-corrected chi connectivity index (χ3v) is 4.93. The van der Waals surface area contributed by atoms with E-state index < -0.39 is 12.3 Å². The van der Waals surface area contributed by atoms with Crippen LogP contribution in [0.5, 0.6) is 5.75 Å². The number of ether oxygens (including phenoxy) is 1. The van der Waals surface area contributed by atoms with Crippen LogP contribution < -0.4 is 10.1 Å². The summed E-state index contributed by atoms with van der Waals surface area (Å²) >= 11 is 1.29. The van der Waals surface area contributed by atoms with Gasteiger partial charge in [-0.15, -0.1) is 0 Å². The van der Waals surface area contributed by atoms with E-state index in [-0.39, 0.29) is 16.9 Å². The molecule has 0 saturated carbocycles. The molecular formula is C18H15F2N5O2S. The van der Waals surface area contributed by atoms with Crippen molar-refractivity contribution in [2.24, 2.45) is 0 Å². The van der Waals surface area contributed by atoms with Crippen LogP contribution in [0.3, 0.4) is 0 Å². The van der Waals surface area contributed by atoms with E-state index in [1.807, 2.05) is 19.1 Å². The number of nitrogens with one attached hydrogen (secondary N) is 1. The Hall–Kier alpha value is -3.14. The number of nitrogens with zero attached hydrogens (tertiary/aromatic N) is 4. The fourth-order valence-corrected chi connectivity index (χ4v) is 3.72. The summed E-state index contributed by atoms with van der Waals surface area (Å²) in [7, 11) is 0. The Kier molecular flexibility index (Phi) is 4.63. The van der Waals surface area contributed by atoms with Gasteiger partial charge in [-0.05, 0) is 32.0 Å². The van der Waals surface area contributed by atoms with Crippen LogP contribution in [0.25, 0.3) is 15.9 Å². The molecule has 7 nitrogen and oxygen atoms in total. The van der Waals surface area contributed by atoms with Gasteiger partial charge in [0.2, 0.25) is 0 Å². The molecular weight excluding hydrogens is 388 g/mol. The number of hydrogen-bond donors (Lipinski definition) is 1. The first kappa shape index (κ1) is 18.2. The number of aryl methyl sites for hydroxylation is 1. The van der Waals surface area contributed by atoms with Crippen LogP contribution in [0.4, 0.5) is 13.9 Å². The molecule has 0 spiro atoms. The maximum atomic E-state index is 13.2. The van der Waals surface area contributed by atoms with Gasteiger partial charge in [-0.3, -0.25) is 10.1 Å². The molecule has 0 fully saturated rings. The van der Waals surface area contributed by atoms with Crippen LogP contribution in [-0.4, -0.2) is 32.1 Å². The maximum absolute atomic E-state index is 13.2. The van der Waals surface area contributed by atoms with Crippen molar-refractivity contribution in [2.75, 3.05) is 11.9 Å². The third kappa shape index (κ3) is 3.15. The minimum absolute atomic E-state index is 0.0731. The van der Waals surface area contributed by atoms with Crippen LogP contribution in [0.15, 0.2) is 30.5 Å². The lowest BCUT2D eigenvalue weighted by atomic mass is 10.3. The second-order valence-corrected chi connectivity index (χ2v) is 6.96. The number of halogens is 2. The molecule has 0 bridgehead atoms. The van der Waals surface area contributed by atoms with Crippen LogP contribution in [0, 0.1) is 6.92 Å². The van der Waals surface area contributed by atoms with Crippen LogP contribution in [-0.2, 0) is 0 Å². The summed E-state index contributed by atoms with van der Waals surface area (Å²) in [4.78, 5) is 21.3. The maximum Gasteiger partial charge on any atom is 0.280 e. The molecule has 0 saturated heterocycles. The first-order chi connectivity index (χ1) is 13.5. The second kappa shape index (κ2) is 7.12. The summed E-state index contributed by atoms with van der Waals surface area (Å²) in [6.07, 6.45) is -1.51. The van der Waals surface area contributed by atoms with Crippen molar-refractivity contribution >= 4 is 38.2 Å². The zero-order valence-electron chi connectivity index (χ0n) is 14.9. The minimum Gasteiger partial charge on any atom is -0.492 e. The Morgan fingerprint density at radius 1 is 1.36 bits per heavy atom. The van der Waals surface area contributed by atoms with Crippen LogP contribution in [0.1, 0.15) is 35.1 Å². The van der Waals surface area contributed by atoms with Crippen molar-refractivity contribution in [3.63, 3.8) is 0 Å². The molecule has 10 heteroatoms. The van der Waals surface area contributed by atoms with Gasteiger partial charge in [-0.2, -0.15) is 5.10 Å². The summed E-state index contributed by atoms with van der Waals surface area (Å²) in [6, 6.07) is 6.78. The summed E-state index contributed by atoms with van der Waals surface area (Å²) in [5, 5.41) is 6.97. The first-order valence-electron chi connectivity index (χ1n) is 8.45. The van der Waals surface area contributed by atoms with E-state index in [1.54, 1.807) is 13.0 Å². The highest BCUT2D eigenvalue weighted by atomic mass is 32.1. The second-order valence-electron chi connectivity index (χ2n) is 5.93. The number of thiazole rings is 1. The van der Waals surface area contributed by atoms with Crippen molar-refractivity contribution in [1.82, 2.24) is 19.6 Å². The van der Waals surface area contributed by atoms with Crippen molar-refractivity contribution in [1.29, 1.82) is 0 Å². The van der Waals surface area contributed by atoms with E-state index in [9.17, 15) is 13.6 Å². The van der Waals surface area contributed by atoms with Gasteiger partial charge in [0.25, 0.3) is 12.3 Å². The van der Waals surface area contributed by atoms with Crippen molar-refractivity contribution < 1.29 is 18.3 Å². The molecule has 3 aromatic heterocycles. The van der Waals surface area contributed by atoms with E-state index in [0.717, 1.165) is 9.22 Å². The van der Waals surface area contributed by atoms with Crippen molar-refractivity contribution in [2.45, 2.75) is 20.3 Å². The lowest BCUT2D eigenvalue weighted by Gasteiger charge is -2.05. The Bertz CT molecular complexity index is 1190. The summed E-state index contributed by atoms with van der Waals surface area (Å²) in [5.74, 6) is 0.108. The number of hydrogen-bond acceptors (Lipinski definition) is 6. The molecule has 0 aliphatic rings. The molecule has 1 N–H and O–H groups in total. The van der Waals surface area contributed by atoms with Gasteiger partial charge in [-0.25, -0.2) is 23.3 Å². The van der Waals surface area contributed by atoms with Gasteiger partial charge >= 0.3 is 0 Å². The Labute approximate surface area is 162 Å². The molecule has 0 atom stereocenters. The first-order valence-corrected chi connectivity index (χ1v) is 9.26. The summed E-state index contributed by atoms with van der Waals surface area (Å²) in [5.41, 5.74) is 0.874. The number of amides is 1. The molecule has 0 aliphatic carbocycles. The number of aromatic nitrogens is 4. The molecule has 0 unspecified atom stereocenters. The average molecular weight is 403 g/mol. The predicted octanol–water partition coefficient (Wildman–Crippen LogP) is 4.24. The highest BCUT2D eigenvalue weighted by molar-refractivity contribution is 7.22. The lowest BCUT2D eigenvalue weighted by Crippen LogP contribution is -2.12. The molecule has 0 aliphatic heterocycles. The van der Waals surface area contributed by atoms with Gasteiger partial charge in [-0.1, -0.05) is 17.4 Å². The molecule has 4 aromatic rings. The smallest absolute Gasteiger partial charge is 0.280 e. The monoisotopic (exact) mass is 403 g/mol. The Morgan fingerprint density at radius 3 is 2.93 bits per heavy atom. The molecule has 4 rings (SSSR count). The minimum atomic E-state index is -2.73. The van der Waals surface area contributed by atoms with Gasteiger partial charge in [0.05, 0.1) is 17.5 Å². The summed E-state index contributed by atoms with van der Waals surface area (Å²) in [6.45, 7) is 3.96. The quantitative estimate of drug-likeness (QED) is 0.539.